The van der Waals surface area contributed by atoms with Crippen molar-refractivity contribution in [2.45, 2.75) is 38.6 Å². The van der Waals surface area contributed by atoms with Gasteiger partial charge in [0.15, 0.2) is 0 Å². The average molecular weight is 252 g/mol. The molecule has 1 saturated heterocycles. The summed E-state index contributed by atoms with van der Waals surface area (Å²) in [4.78, 5) is 2.66. The summed E-state index contributed by atoms with van der Waals surface area (Å²) in [5.41, 5.74) is 1.54. The fourth-order valence-electron chi connectivity index (χ4n) is 2.61. The van der Waals surface area contributed by atoms with Gasteiger partial charge in [-0.05, 0) is 28.8 Å². The summed E-state index contributed by atoms with van der Waals surface area (Å²) in [5, 5.41) is 7.99. The molecule has 0 unspecified atom stereocenters. The molecule has 1 aliphatic rings. The van der Waals surface area contributed by atoms with Gasteiger partial charge in [-0.3, -0.25) is 4.90 Å². The maximum absolute atomic E-state index is 3.44. The van der Waals surface area contributed by atoms with Gasteiger partial charge in [0, 0.05) is 32.2 Å². The summed E-state index contributed by atoms with van der Waals surface area (Å²) in [6, 6.07) is 2.97. The van der Waals surface area contributed by atoms with Crippen molar-refractivity contribution in [3.63, 3.8) is 0 Å². The topological polar surface area (TPSA) is 15.3 Å². The standard InChI is InChI=1S/C14H24N2S/c1-2-3-4-5-14(13-6-11-17-12-13)16-9-7-15-8-10-16/h6,11-12,14-15H,2-5,7-10H2,1H3/t14-/m1/s1. The molecular formula is C14H24N2S. The van der Waals surface area contributed by atoms with E-state index in [2.05, 4.69) is 34.0 Å². The maximum Gasteiger partial charge on any atom is 0.0357 e. The van der Waals surface area contributed by atoms with Gasteiger partial charge in [0.25, 0.3) is 0 Å². The van der Waals surface area contributed by atoms with Crippen LogP contribution in [-0.2, 0) is 0 Å². The molecule has 0 bridgehead atoms. The summed E-state index contributed by atoms with van der Waals surface area (Å²) >= 11 is 1.83. The second kappa shape index (κ2) is 7.14. The van der Waals surface area contributed by atoms with Crippen LogP contribution in [0.5, 0.6) is 0 Å². The Morgan fingerprint density at radius 2 is 2.18 bits per heavy atom. The van der Waals surface area contributed by atoms with Gasteiger partial charge in [-0.2, -0.15) is 11.3 Å². The summed E-state index contributed by atoms with van der Waals surface area (Å²) in [6.45, 7) is 6.98. The summed E-state index contributed by atoms with van der Waals surface area (Å²) in [7, 11) is 0. The minimum absolute atomic E-state index is 0.662. The number of hydrogen-bond donors (Lipinski definition) is 1. The number of thiophene rings is 1. The van der Waals surface area contributed by atoms with Crippen LogP contribution in [0.25, 0.3) is 0 Å². The predicted octanol–water partition coefficient (Wildman–Crippen LogP) is 3.27. The van der Waals surface area contributed by atoms with Crippen molar-refractivity contribution in [2.75, 3.05) is 26.2 Å². The Balaban J connectivity index is 1.96. The Morgan fingerprint density at radius 1 is 1.35 bits per heavy atom. The Labute approximate surface area is 109 Å². The van der Waals surface area contributed by atoms with E-state index in [9.17, 15) is 0 Å². The third kappa shape index (κ3) is 3.80. The average Bonchev–Trinajstić information content (AvgIpc) is 2.89. The van der Waals surface area contributed by atoms with Crippen LogP contribution < -0.4 is 5.32 Å². The predicted molar refractivity (Wildman–Crippen MR) is 75.6 cm³/mol. The van der Waals surface area contributed by atoms with Gasteiger partial charge >= 0.3 is 0 Å². The SMILES string of the molecule is CCCCC[C@H](c1ccsc1)N1CCNCC1. The fourth-order valence-corrected chi connectivity index (χ4v) is 3.31. The molecule has 2 heterocycles. The van der Waals surface area contributed by atoms with Crippen molar-refractivity contribution < 1.29 is 0 Å². The van der Waals surface area contributed by atoms with Crippen LogP contribution in [0.2, 0.25) is 0 Å². The molecule has 1 N–H and O–H groups in total. The van der Waals surface area contributed by atoms with Gasteiger partial charge < -0.3 is 5.32 Å². The Morgan fingerprint density at radius 3 is 2.82 bits per heavy atom. The molecule has 0 saturated carbocycles. The van der Waals surface area contributed by atoms with Crippen LogP contribution in [0.1, 0.15) is 44.2 Å². The second-order valence-corrected chi connectivity index (χ2v) is 5.63. The summed E-state index contributed by atoms with van der Waals surface area (Å²) < 4.78 is 0. The molecule has 1 atom stereocenters. The van der Waals surface area contributed by atoms with Gasteiger partial charge in [-0.25, -0.2) is 0 Å². The molecule has 0 spiro atoms. The molecule has 2 nitrogen and oxygen atoms in total. The Bertz CT molecular complexity index is 291. The van der Waals surface area contributed by atoms with Crippen molar-refractivity contribution in [1.82, 2.24) is 10.2 Å². The van der Waals surface area contributed by atoms with E-state index in [1.165, 1.54) is 44.3 Å². The van der Waals surface area contributed by atoms with E-state index in [-0.39, 0.29) is 0 Å². The third-order valence-electron chi connectivity index (χ3n) is 3.60. The summed E-state index contributed by atoms with van der Waals surface area (Å²) in [5.74, 6) is 0. The van der Waals surface area contributed by atoms with Crippen LogP contribution in [-0.4, -0.2) is 31.1 Å². The van der Waals surface area contributed by atoms with Crippen molar-refractivity contribution >= 4 is 11.3 Å². The monoisotopic (exact) mass is 252 g/mol. The number of unbranched alkanes of at least 4 members (excludes halogenated alkanes) is 2. The van der Waals surface area contributed by atoms with Crippen molar-refractivity contribution in [3.8, 4) is 0 Å². The van der Waals surface area contributed by atoms with Gasteiger partial charge in [0.2, 0.25) is 0 Å². The maximum atomic E-state index is 3.44. The first kappa shape index (κ1) is 13.1. The smallest absolute Gasteiger partial charge is 0.0357 e. The second-order valence-electron chi connectivity index (χ2n) is 4.85. The van der Waals surface area contributed by atoms with Crippen LogP contribution in [0.4, 0.5) is 0 Å². The Kier molecular flexibility index (Phi) is 5.49. The van der Waals surface area contributed by atoms with Gasteiger partial charge in [-0.15, -0.1) is 0 Å². The highest BCUT2D eigenvalue weighted by molar-refractivity contribution is 7.07. The zero-order chi connectivity index (χ0) is 11.9. The lowest BCUT2D eigenvalue weighted by Gasteiger charge is -2.34. The van der Waals surface area contributed by atoms with Crippen LogP contribution in [0.3, 0.4) is 0 Å². The highest BCUT2D eigenvalue weighted by Gasteiger charge is 2.21. The summed E-state index contributed by atoms with van der Waals surface area (Å²) in [6.07, 6.45) is 5.37. The van der Waals surface area contributed by atoms with Crippen molar-refractivity contribution in [1.29, 1.82) is 0 Å². The van der Waals surface area contributed by atoms with E-state index in [1.54, 1.807) is 0 Å². The molecule has 0 amide bonds. The zero-order valence-corrected chi connectivity index (χ0v) is 11.6. The third-order valence-corrected chi connectivity index (χ3v) is 4.30. The van der Waals surface area contributed by atoms with E-state index in [4.69, 9.17) is 0 Å². The molecule has 1 aromatic rings. The van der Waals surface area contributed by atoms with E-state index in [0.29, 0.717) is 6.04 Å². The first-order valence-electron chi connectivity index (χ1n) is 6.88. The van der Waals surface area contributed by atoms with Crippen molar-refractivity contribution in [2.24, 2.45) is 0 Å². The van der Waals surface area contributed by atoms with Crippen LogP contribution in [0, 0.1) is 0 Å². The molecule has 17 heavy (non-hydrogen) atoms. The highest BCUT2D eigenvalue weighted by atomic mass is 32.1. The Hall–Kier alpha value is -0.380. The fraction of sp³-hybridized carbons (Fsp3) is 0.714. The number of nitrogens with zero attached hydrogens (tertiary/aromatic N) is 1. The van der Waals surface area contributed by atoms with Crippen molar-refractivity contribution in [3.05, 3.63) is 22.4 Å². The lowest BCUT2D eigenvalue weighted by molar-refractivity contribution is 0.163. The molecule has 0 radical (unpaired) electrons. The number of rotatable bonds is 6. The molecule has 96 valence electrons. The first-order chi connectivity index (χ1) is 8.42. The largest absolute Gasteiger partial charge is 0.314 e. The molecular weight excluding hydrogens is 228 g/mol. The van der Waals surface area contributed by atoms with E-state index in [0.717, 1.165) is 13.1 Å². The quantitative estimate of drug-likeness (QED) is 0.782. The van der Waals surface area contributed by atoms with Crippen LogP contribution in [0.15, 0.2) is 16.8 Å². The molecule has 1 fully saturated rings. The number of hydrogen-bond acceptors (Lipinski definition) is 3. The minimum Gasteiger partial charge on any atom is -0.314 e. The van der Waals surface area contributed by atoms with E-state index < -0.39 is 0 Å². The normalized spacial score (nSPS) is 19.4. The lowest BCUT2D eigenvalue weighted by atomic mass is 10.0. The van der Waals surface area contributed by atoms with Gasteiger partial charge in [0.05, 0.1) is 0 Å². The highest BCUT2D eigenvalue weighted by Crippen LogP contribution is 2.28. The molecule has 2 rings (SSSR count). The number of piperazine rings is 1. The molecule has 1 aromatic heterocycles. The van der Waals surface area contributed by atoms with Crippen LogP contribution >= 0.6 is 11.3 Å². The zero-order valence-electron chi connectivity index (χ0n) is 10.8. The first-order valence-corrected chi connectivity index (χ1v) is 7.83. The minimum atomic E-state index is 0.662. The molecule has 0 aliphatic carbocycles. The van der Waals surface area contributed by atoms with Gasteiger partial charge in [-0.1, -0.05) is 26.2 Å². The van der Waals surface area contributed by atoms with Gasteiger partial charge in [0.1, 0.15) is 0 Å². The van der Waals surface area contributed by atoms with E-state index >= 15 is 0 Å². The molecule has 0 aromatic carbocycles. The number of nitrogens with one attached hydrogen (secondary N) is 1. The molecule has 3 heteroatoms. The molecule has 1 aliphatic heterocycles. The lowest BCUT2D eigenvalue weighted by Crippen LogP contribution is -2.45. The van der Waals surface area contributed by atoms with E-state index in [1.807, 2.05) is 11.3 Å².